The van der Waals surface area contributed by atoms with Crippen LogP contribution in [0.25, 0.3) is 0 Å². The van der Waals surface area contributed by atoms with Gasteiger partial charge in [0.1, 0.15) is 6.10 Å². The number of allylic oxidation sites excluding steroid dienone is 12. The lowest BCUT2D eigenvalue weighted by molar-refractivity contribution is -0.151. The number of aliphatic hydroxyl groups is 2. The second kappa shape index (κ2) is 45.4. The summed E-state index contributed by atoms with van der Waals surface area (Å²) in [5.74, 6) is -0.561. The molecule has 0 spiro atoms. The summed E-state index contributed by atoms with van der Waals surface area (Å²) >= 11 is 0. The van der Waals surface area contributed by atoms with Crippen LogP contribution in [0.4, 0.5) is 0 Å². The Morgan fingerprint density at radius 1 is 0.517 bits per heavy atom. The Hall–Kier alpha value is -2.70. The van der Waals surface area contributed by atoms with Crippen molar-refractivity contribution in [1.29, 1.82) is 0 Å². The maximum Gasteiger partial charge on any atom is 0.306 e. The van der Waals surface area contributed by atoms with Crippen molar-refractivity contribution in [2.75, 3.05) is 6.61 Å². The molecule has 0 radical (unpaired) electrons. The first-order chi connectivity index (χ1) is 28.5. The SMILES string of the molecule is CC/C=C/C/C=C/CCCCCCCC(CC(=O)NC(CO)C(O)CCCCCCCCCCCC)OC(=O)CCC/C=C\C/C=C\C/C=C\C/C=C\CCCCC. The molecule has 58 heavy (non-hydrogen) atoms. The Balaban J connectivity index is 4.69. The number of amides is 1. The Morgan fingerprint density at radius 3 is 1.45 bits per heavy atom. The topological polar surface area (TPSA) is 95.9 Å². The van der Waals surface area contributed by atoms with Crippen LogP contribution in [-0.2, 0) is 14.3 Å². The van der Waals surface area contributed by atoms with Crippen LogP contribution in [-0.4, -0.2) is 46.9 Å². The fourth-order valence-electron chi connectivity index (χ4n) is 6.87. The van der Waals surface area contributed by atoms with Gasteiger partial charge in [0.2, 0.25) is 5.91 Å². The third kappa shape index (κ3) is 40.1. The molecule has 0 bridgehead atoms. The first-order valence-electron chi connectivity index (χ1n) is 24.2. The lowest BCUT2D eigenvalue weighted by Crippen LogP contribution is -2.46. The van der Waals surface area contributed by atoms with Crippen molar-refractivity contribution in [2.45, 2.75) is 238 Å². The van der Waals surface area contributed by atoms with Gasteiger partial charge in [0.25, 0.3) is 0 Å². The monoisotopic (exact) mass is 810 g/mol. The van der Waals surface area contributed by atoms with Crippen molar-refractivity contribution < 1.29 is 24.5 Å². The molecule has 0 heterocycles. The standard InChI is InChI=1S/C52H91NO5/c1-4-7-10-13-16-19-22-24-25-26-27-28-30-33-36-39-42-45-52(57)58-48(43-40-37-34-31-29-23-20-17-14-11-8-5-2)46-51(56)53-49(47-54)50(55)44-41-38-35-32-21-18-15-12-9-6-3/h8,11,16-17,19-20,24-25,27-28,33,36,48-50,54-55H,4-7,9-10,12-15,18,21-23,26,29-32,34-35,37-47H2,1-3H3,(H,53,56)/b11-8+,19-16-,20-17+,25-24-,28-27-,36-33-. The summed E-state index contributed by atoms with van der Waals surface area (Å²) in [6, 6.07) is -0.718. The lowest BCUT2D eigenvalue weighted by atomic mass is 10.0. The zero-order chi connectivity index (χ0) is 42.4. The smallest absolute Gasteiger partial charge is 0.306 e. The third-order valence-electron chi connectivity index (χ3n) is 10.5. The van der Waals surface area contributed by atoms with E-state index in [1.807, 2.05) is 0 Å². The summed E-state index contributed by atoms with van der Waals surface area (Å²) in [5, 5.41) is 23.6. The van der Waals surface area contributed by atoms with Crippen LogP contribution in [0.5, 0.6) is 0 Å². The zero-order valence-electron chi connectivity index (χ0n) is 37.9. The molecule has 334 valence electrons. The normalized spacial score (nSPS) is 13.9. The van der Waals surface area contributed by atoms with Gasteiger partial charge in [-0.05, 0) is 89.9 Å². The van der Waals surface area contributed by atoms with Crippen LogP contribution in [0.3, 0.4) is 0 Å². The average Bonchev–Trinajstić information content (AvgIpc) is 3.22. The number of aliphatic hydroxyl groups excluding tert-OH is 2. The Labute approximate surface area is 358 Å². The molecule has 0 saturated carbocycles. The highest BCUT2D eigenvalue weighted by Crippen LogP contribution is 2.17. The third-order valence-corrected chi connectivity index (χ3v) is 10.5. The van der Waals surface area contributed by atoms with Crippen molar-refractivity contribution >= 4 is 11.9 Å². The summed E-state index contributed by atoms with van der Waals surface area (Å²) in [5.41, 5.74) is 0. The number of nitrogens with one attached hydrogen (secondary N) is 1. The predicted octanol–water partition coefficient (Wildman–Crippen LogP) is 14.2. The largest absolute Gasteiger partial charge is 0.462 e. The van der Waals surface area contributed by atoms with Crippen LogP contribution < -0.4 is 5.32 Å². The molecule has 0 saturated heterocycles. The fraction of sp³-hybridized carbons (Fsp3) is 0.731. The van der Waals surface area contributed by atoms with Crippen molar-refractivity contribution in [3.8, 4) is 0 Å². The number of carbonyl (C=O) groups excluding carboxylic acids is 2. The Bertz CT molecular complexity index is 1090. The molecule has 0 aliphatic heterocycles. The minimum atomic E-state index is -0.801. The number of hydrogen-bond acceptors (Lipinski definition) is 5. The van der Waals surface area contributed by atoms with E-state index < -0.39 is 18.2 Å². The second-order valence-electron chi connectivity index (χ2n) is 16.1. The molecular formula is C52H91NO5. The summed E-state index contributed by atoms with van der Waals surface area (Å²) in [6.45, 7) is 6.30. The van der Waals surface area contributed by atoms with Crippen LogP contribution in [0.2, 0.25) is 0 Å². The van der Waals surface area contributed by atoms with E-state index in [4.69, 9.17) is 4.74 Å². The van der Waals surface area contributed by atoms with E-state index in [1.165, 1.54) is 70.6 Å². The van der Waals surface area contributed by atoms with Gasteiger partial charge in [0, 0.05) is 6.42 Å². The molecule has 0 fully saturated rings. The Kier molecular flexibility index (Phi) is 43.3. The van der Waals surface area contributed by atoms with Crippen LogP contribution in [0.1, 0.15) is 220 Å². The minimum Gasteiger partial charge on any atom is -0.462 e. The maximum atomic E-state index is 13.1. The second-order valence-corrected chi connectivity index (χ2v) is 16.1. The zero-order valence-corrected chi connectivity index (χ0v) is 37.9. The molecule has 1 amide bonds. The van der Waals surface area contributed by atoms with Crippen molar-refractivity contribution in [3.63, 3.8) is 0 Å². The molecule has 0 aliphatic carbocycles. The molecule has 0 aromatic rings. The minimum absolute atomic E-state index is 0.0433. The average molecular weight is 810 g/mol. The van der Waals surface area contributed by atoms with E-state index in [9.17, 15) is 19.8 Å². The van der Waals surface area contributed by atoms with E-state index in [0.29, 0.717) is 25.7 Å². The summed E-state index contributed by atoms with van der Waals surface area (Å²) < 4.78 is 5.88. The van der Waals surface area contributed by atoms with Gasteiger partial charge in [-0.15, -0.1) is 0 Å². The van der Waals surface area contributed by atoms with E-state index in [-0.39, 0.29) is 24.9 Å². The highest BCUT2D eigenvalue weighted by atomic mass is 16.5. The van der Waals surface area contributed by atoms with Gasteiger partial charge in [-0.2, -0.15) is 0 Å². The number of hydrogen-bond donors (Lipinski definition) is 3. The highest BCUT2D eigenvalue weighted by Gasteiger charge is 2.24. The highest BCUT2D eigenvalue weighted by molar-refractivity contribution is 5.77. The summed E-state index contributed by atoms with van der Waals surface area (Å²) in [7, 11) is 0. The molecule has 0 rings (SSSR count). The summed E-state index contributed by atoms with van der Waals surface area (Å²) in [4.78, 5) is 26.0. The molecule has 0 aromatic carbocycles. The number of esters is 1. The van der Waals surface area contributed by atoms with Gasteiger partial charge in [-0.25, -0.2) is 0 Å². The van der Waals surface area contributed by atoms with E-state index in [2.05, 4.69) is 99.0 Å². The van der Waals surface area contributed by atoms with Gasteiger partial charge in [0.05, 0.1) is 25.2 Å². The molecule has 3 unspecified atom stereocenters. The molecule has 6 nitrogen and oxygen atoms in total. The predicted molar refractivity (Wildman–Crippen MR) is 250 cm³/mol. The Morgan fingerprint density at radius 2 is 0.931 bits per heavy atom. The quantitative estimate of drug-likeness (QED) is 0.0324. The first-order valence-corrected chi connectivity index (χ1v) is 24.2. The number of carbonyl (C=O) groups is 2. The van der Waals surface area contributed by atoms with Gasteiger partial charge < -0.3 is 20.3 Å². The first kappa shape index (κ1) is 55.3. The van der Waals surface area contributed by atoms with Gasteiger partial charge in [0.15, 0.2) is 0 Å². The van der Waals surface area contributed by atoms with E-state index >= 15 is 0 Å². The fourth-order valence-corrected chi connectivity index (χ4v) is 6.87. The molecule has 0 aromatic heterocycles. The van der Waals surface area contributed by atoms with Gasteiger partial charge in [-0.3, -0.25) is 9.59 Å². The summed E-state index contributed by atoms with van der Waals surface area (Å²) in [6.07, 6.45) is 56.8. The maximum absolute atomic E-state index is 13.1. The molecular weight excluding hydrogens is 719 g/mol. The number of rotatable bonds is 42. The van der Waals surface area contributed by atoms with Crippen molar-refractivity contribution in [3.05, 3.63) is 72.9 Å². The molecule has 6 heteroatoms. The van der Waals surface area contributed by atoms with Crippen molar-refractivity contribution in [1.82, 2.24) is 5.32 Å². The molecule has 3 atom stereocenters. The lowest BCUT2D eigenvalue weighted by Gasteiger charge is -2.24. The molecule has 3 N–H and O–H groups in total. The van der Waals surface area contributed by atoms with Crippen LogP contribution in [0, 0.1) is 0 Å². The van der Waals surface area contributed by atoms with Crippen molar-refractivity contribution in [2.24, 2.45) is 0 Å². The molecule has 0 aliphatic rings. The van der Waals surface area contributed by atoms with E-state index in [0.717, 1.165) is 96.3 Å². The number of unbranched alkanes of at least 4 members (excludes halogenated alkanes) is 18. The van der Waals surface area contributed by atoms with Gasteiger partial charge in [-0.1, -0.05) is 190 Å². The van der Waals surface area contributed by atoms with Gasteiger partial charge >= 0.3 is 5.97 Å². The van der Waals surface area contributed by atoms with Crippen LogP contribution in [0.15, 0.2) is 72.9 Å². The van der Waals surface area contributed by atoms with E-state index in [1.54, 1.807) is 0 Å². The van der Waals surface area contributed by atoms with Crippen LogP contribution >= 0.6 is 0 Å². The number of ether oxygens (including phenoxy) is 1.